The third kappa shape index (κ3) is 4.43. The lowest BCUT2D eigenvalue weighted by molar-refractivity contribution is 1.58. The predicted molar refractivity (Wildman–Crippen MR) is 164 cm³/mol. The van der Waals surface area contributed by atoms with Crippen molar-refractivity contribution >= 4 is 62.5 Å². The van der Waals surface area contributed by atoms with E-state index in [-0.39, 0.29) is 0 Å². The summed E-state index contributed by atoms with van der Waals surface area (Å²) in [6.07, 6.45) is 7.07. The van der Waals surface area contributed by atoms with Crippen LogP contribution in [0.3, 0.4) is 0 Å². The lowest BCUT2D eigenvalue weighted by Gasteiger charge is -2.16. The first kappa shape index (κ1) is 25.3. The van der Waals surface area contributed by atoms with Crippen LogP contribution in [0.4, 0.5) is 0 Å². The zero-order valence-electron chi connectivity index (χ0n) is 20.3. The van der Waals surface area contributed by atoms with Crippen LogP contribution in [0.15, 0.2) is 73.9 Å². The summed E-state index contributed by atoms with van der Waals surface area (Å²) in [7, 11) is 0. The first-order valence-corrected chi connectivity index (χ1v) is 16.8. The smallest absolute Gasteiger partial charge is 0.0450 e. The van der Waals surface area contributed by atoms with Crippen molar-refractivity contribution in [3.63, 3.8) is 0 Å². The van der Waals surface area contributed by atoms with E-state index in [0.717, 1.165) is 0 Å². The molecule has 0 radical (unpaired) electrons. The molecule has 0 spiro atoms. The Morgan fingerprint density at radius 3 is 1.85 bits per heavy atom. The van der Waals surface area contributed by atoms with Gasteiger partial charge in [0.2, 0.25) is 0 Å². The van der Waals surface area contributed by atoms with E-state index < -0.39 is 6.04 Å². The highest BCUT2D eigenvalue weighted by atomic mass is 32.4. The number of aryl methyl sites for hydroxylation is 4. The van der Waals surface area contributed by atoms with Crippen LogP contribution in [0.2, 0.25) is 0 Å². The second-order valence-electron chi connectivity index (χ2n) is 8.44. The van der Waals surface area contributed by atoms with Crippen LogP contribution in [0.25, 0.3) is 32.0 Å². The molecule has 5 rings (SSSR count). The summed E-state index contributed by atoms with van der Waals surface area (Å²) < 4.78 is 0. The molecule has 0 bridgehead atoms. The number of thiophene rings is 3. The van der Waals surface area contributed by atoms with Crippen molar-refractivity contribution in [2.75, 3.05) is 6.66 Å². The van der Waals surface area contributed by atoms with Gasteiger partial charge in [0.15, 0.2) is 0 Å². The van der Waals surface area contributed by atoms with Crippen LogP contribution in [-0.2, 0) is 11.8 Å². The normalized spacial score (nSPS) is 16.1. The van der Waals surface area contributed by atoms with Gasteiger partial charge in [-0.3, -0.25) is 0 Å². The Hall–Kier alpha value is -1.81. The highest BCUT2D eigenvalue weighted by Gasteiger charge is 2.38. The van der Waals surface area contributed by atoms with Crippen LogP contribution in [0.5, 0.6) is 0 Å². The fourth-order valence-corrected chi connectivity index (χ4v) is 12.2. The molecular formula is C29H29PS4. The molecule has 1 aliphatic heterocycles. The maximum atomic E-state index is 6.38. The fraction of sp³-hybridized carbons (Fsp3) is 0.172. The highest BCUT2D eigenvalue weighted by Crippen LogP contribution is 2.59. The van der Waals surface area contributed by atoms with E-state index in [1.54, 1.807) is 12.2 Å². The Balaban J connectivity index is 0.000000408. The highest BCUT2D eigenvalue weighted by molar-refractivity contribution is 8.22. The number of hydrogen-bond donors (Lipinski definition) is 0. The molecule has 1 unspecified atom stereocenters. The minimum atomic E-state index is -1.79. The topological polar surface area (TPSA) is 0 Å². The average molecular weight is 537 g/mol. The summed E-state index contributed by atoms with van der Waals surface area (Å²) in [6, 6.07) is 11.8. The molecule has 0 aliphatic carbocycles. The third-order valence-electron chi connectivity index (χ3n) is 5.90. The molecule has 1 aromatic carbocycles. The molecule has 3 aromatic heterocycles. The summed E-state index contributed by atoms with van der Waals surface area (Å²) in [5.74, 6) is 0. The molecule has 174 valence electrons. The Labute approximate surface area is 221 Å². The second-order valence-corrected chi connectivity index (χ2v) is 17.3. The number of hydrogen-bond acceptors (Lipinski definition) is 4. The number of fused-ring (bicyclic) bond motifs is 3. The van der Waals surface area contributed by atoms with E-state index in [4.69, 9.17) is 11.8 Å². The molecule has 5 heteroatoms. The molecule has 0 fully saturated rings. The van der Waals surface area contributed by atoms with Gasteiger partial charge in [0.1, 0.15) is 0 Å². The van der Waals surface area contributed by atoms with Gasteiger partial charge in [0, 0.05) is 57.3 Å². The summed E-state index contributed by atoms with van der Waals surface area (Å²) in [5.41, 5.74) is 5.58. The number of rotatable bonds is 4. The molecule has 0 saturated carbocycles. The van der Waals surface area contributed by atoms with Gasteiger partial charge >= 0.3 is 0 Å². The molecular weight excluding hydrogens is 508 g/mol. The summed E-state index contributed by atoms with van der Waals surface area (Å²) >= 11 is 12.1. The van der Waals surface area contributed by atoms with E-state index in [2.05, 4.69) is 83.9 Å². The standard InChI is InChI=1S/C23H21PS4.C6H8/c1-12-10-17(14(3)26-12)20-21-23(16-8-6-7-9-19(16)24(21,5)25)28-22(20)18-11-13(2)27-15(18)4;1-3-5-6-4-2/h6-11H,1-5H3;3-6H,1-2H2/b;6-5-. The lowest BCUT2D eigenvalue weighted by atomic mass is 10.0. The SMILES string of the molecule is C=C/C=C\C=C.Cc1cc(-c2sc3c(c2-c2cc(C)sc2C)P(C)(=S)c2ccccc2-3)c(C)s1. The second kappa shape index (κ2) is 10.0. The monoisotopic (exact) mass is 536 g/mol. The van der Waals surface area contributed by atoms with Gasteiger partial charge < -0.3 is 0 Å². The molecule has 0 N–H and O–H groups in total. The van der Waals surface area contributed by atoms with Gasteiger partial charge in [-0.05, 0) is 57.4 Å². The van der Waals surface area contributed by atoms with Crippen molar-refractivity contribution < 1.29 is 0 Å². The van der Waals surface area contributed by atoms with Crippen molar-refractivity contribution in [3.8, 4) is 32.0 Å². The van der Waals surface area contributed by atoms with Crippen molar-refractivity contribution in [1.82, 2.24) is 0 Å². The molecule has 34 heavy (non-hydrogen) atoms. The zero-order chi connectivity index (χ0) is 24.6. The molecule has 0 saturated heterocycles. The van der Waals surface area contributed by atoms with Crippen LogP contribution < -0.4 is 10.6 Å². The molecule has 0 amide bonds. The molecule has 4 heterocycles. The summed E-state index contributed by atoms with van der Waals surface area (Å²) in [4.78, 5) is 8.38. The van der Waals surface area contributed by atoms with Crippen molar-refractivity contribution in [2.24, 2.45) is 0 Å². The zero-order valence-corrected chi connectivity index (χ0v) is 24.4. The van der Waals surface area contributed by atoms with Crippen LogP contribution in [0, 0.1) is 27.7 Å². The van der Waals surface area contributed by atoms with Gasteiger partial charge in [0.25, 0.3) is 0 Å². The summed E-state index contributed by atoms with van der Waals surface area (Å²) in [5, 5.41) is 2.84. The van der Waals surface area contributed by atoms with Crippen molar-refractivity contribution in [2.45, 2.75) is 27.7 Å². The predicted octanol–water partition coefficient (Wildman–Crippen LogP) is 9.39. The Kier molecular flexibility index (Phi) is 7.47. The minimum absolute atomic E-state index is 1.37. The van der Waals surface area contributed by atoms with Crippen LogP contribution in [-0.4, -0.2) is 6.66 Å². The first-order chi connectivity index (χ1) is 16.2. The molecule has 0 nitrogen and oxygen atoms in total. The fourth-order valence-electron chi connectivity index (χ4n) is 4.50. The number of allylic oxidation sites excluding steroid dienone is 4. The van der Waals surface area contributed by atoms with Gasteiger partial charge in [-0.1, -0.05) is 73.5 Å². The van der Waals surface area contributed by atoms with E-state index in [1.807, 2.05) is 46.2 Å². The van der Waals surface area contributed by atoms with Gasteiger partial charge in [0.05, 0.1) is 0 Å². The van der Waals surface area contributed by atoms with E-state index in [9.17, 15) is 0 Å². The molecule has 1 aliphatic rings. The maximum absolute atomic E-state index is 6.38. The lowest BCUT2D eigenvalue weighted by Crippen LogP contribution is -2.09. The number of benzene rings is 1. The maximum Gasteiger partial charge on any atom is 0.0450 e. The van der Waals surface area contributed by atoms with Crippen LogP contribution in [0.1, 0.15) is 19.5 Å². The quantitative estimate of drug-likeness (QED) is 0.185. The first-order valence-electron chi connectivity index (χ1n) is 11.1. The Bertz CT molecular complexity index is 1460. The molecule has 1 atom stereocenters. The van der Waals surface area contributed by atoms with E-state index in [1.165, 1.54) is 62.1 Å². The average Bonchev–Trinajstić information content (AvgIpc) is 3.50. The van der Waals surface area contributed by atoms with E-state index in [0.29, 0.717) is 0 Å². The van der Waals surface area contributed by atoms with E-state index >= 15 is 0 Å². The summed E-state index contributed by atoms with van der Waals surface area (Å²) in [6.45, 7) is 18.2. The van der Waals surface area contributed by atoms with Gasteiger partial charge in [-0.2, -0.15) is 0 Å². The Morgan fingerprint density at radius 1 is 0.765 bits per heavy atom. The van der Waals surface area contributed by atoms with Gasteiger partial charge in [-0.25, -0.2) is 0 Å². The van der Waals surface area contributed by atoms with Crippen LogP contribution >= 0.6 is 40.0 Å². The van der Waals surface area contributed by atoms with Crippen molar-refractivity contribution in [3.05, 3.63) is 93.4 Å². The van der Waals surface area contributed by atoms with Crippen molar-refractivity contribution in [1.29, 1.82) is 0 Å². The minimum Gasteiger partial charge on any atom is -0.145 e. The molecule has 4 aromatic rings. The largest absolute Gasteiger partial charge is 0.145 e. The Morgan fingerprint density at radius 2 is 1.32 bits per heavy atom. The van der Waals surface area contributed by atoms with Gasteiger partial charge in [-0.15, -0.1) is 34.0 Å². The third-order valence-corrected chi connectivity index (χ3v) is 13.0.